The molecule has 0 spiro atoms. The predicted octanol–water partition coefficient (Wildman–Crippen LogP) is 2.41. The lowest BCUT2D eigenvalue weighted by Gasteiger charge is -2.32. The first-order chi connectivity index (χ1) is 11.2. The van der Waals surface area contributed by atoms with Gasteiger partial charge in [-0.15, -0.1) is 0 Å². The van der Waals surface area contributed by atoms with Gasteiger partial charge in [-0.3, -0.25) is 4.79 Å². The molecule has 0 bridgehead atoms. The highest BCUT2D eigenvalue weighted by molar-refractivity contribution is 5.97. The maximum Gasteiger partial charge on any atom is 0.326 e. The lowest BCUT2D eigenvalue weighted by molar-refractivity contribution is -0.141. The molecule has 2 fully saturated rings. The fourth-order valence-corrected chi connectivity index (χ4v) is 4.65. The second-order valence-electron chi connectivity index (χ2n) is 7.05. The first-order valence-electron chi connectivity index (χ1n) is 8.69. The fourth-order valence-electron chi connectivity index (χ4n) is 4.65. The van der Waals surface area contributed by atoms with Gasteiger partial charge in [-0.1, -0.05) is 18.0 Å². The SMILES string of the molecule is O=C(O)[C@@H]1C[C@H]2CCCC[C@@H]2N1C(=O)c1noc2c1CCCC2. The van der Waals surface area contributed by atoms with Gasteiger partial charge in [0.15, 0.2) is 5.69 Å². The molecule has 4 rings (SSSR count). The minimum absolute atomic E-state index is 0.0493. The van der Waals surface area contributed by atoms with E-state index in [0.717, 1.165) is 62.7 Å². The third-order valence-corrected chi connectivity index (χ3v) is 5.76. The van der Waals surface area contributed by atoms with E-state index in [4.69, 9.17) is 4.52 Å². The van der Waals surface area contributed by atoms with Gasteiger partial charge in [0.1, 0.15) is 11.8 Å². The fraction of sp³-hybridized carbons (Fsp3) is 0.706. The van der Waals surface area contributed by atoms with E-state index < -0.39 is 12.0 Å². The molecular formula is C17H22N2O4. The quantitative estimate of drug-likeness (QED) is 0.905. The predicted molar refractivity (Wildman–Crippen MR) is 81.1 cm³/mol. The van der Waals surface area contributed by atoms with Gasteiger partial charge in [-0.25, -0.2) is 4.79 Å². The largest absolute Gasteiger partial charge is 0.480 e. The molecule has 2 heterocycles. The lowest BCUT2D eigenvalue weighted by Crippen LogP contribution is -2.46. The van der Waals surface area contributed by atoms with Gasteiger partial charge < -0.3 is 14.5 Å². The van der Waals surface area contributed by atoms with E-state index in [1.165, 1.54) is 0 Å². The molecule has 0 aromatic carbocycles. The van der Waals surface area contributed by atoms with Gasteiger partial charge >= 0.3 is 5.97 Å². The molecule has 1 aromatic rings. The standard InChI is InChI=1S/C17H22N2O4/c20-16(15-11-6-2-4-8-14(11)23-18-15)19-12-7-3-1-5-10(12)9-13(19)17(21)22/h10,12-13H,1-9H2,(H,21,22)/t10-,12+,13+/m1/s1. The molecule has 6 heteroatoms. The summed E-state index contributed by atoms with van der Waals surface area (Å²) >= 11 is 0. The van der Waals surface area contributed by atoms with Crippen molar-refractivity contribution in [2.45, 2.75) is 69.9 Å². The van der Waals surface area contributed by atoms with Crippen LogP contribution in [-0.4, -0.2) is 39.1 Å². The first-order valence-corrected chi connectivity index (χ1v) is 8.69. The Bertz CT molecular complexity index is 639. The molecular weight excluding hydrogens is 296 g/mol. The Morgan fingerprint density at radius 3 is 2.74 bits per heavy atom. The average Bonchev–Trinajstić information content (AvgIpc) is 3.16. The Kier molecular flexibility index (Phi) is 3.62. The topological polar surface area (TPSA) is 83.6 Å². The van der Waals surface area contributed by atoms with Crippen LogP contribution in [0.2, 0.25) is 0 Å². The summed E-state index contributed by atoms with van der Waals surface area (Å²) in [4.78, 5) is 26.4. The van der Waals surface area contributed by atoms with Crippen LogP contribution in [0.1, 0.15) is 66.8 Å². The molecule has 1 aliphatic heterocycles. The summed E-state index contributed by atoms with van der Waals surface area (Å²) < 4.78 is 5.35. The van der Waals surface area contributed by atoms with E-state index in [9.17, 15) is 14.7 Å². The average molecular weight is 318 g/mol. The number of nitrogens with zero attached hydrogens (tertiary/aromatic N) is 2. The Hall–Kier alpha value is -1.85. The van der Waals surface area contributed by atoms with Crippen LogP contribution in [0.15, 0.2) is 4.52 Å². The zero-order valence-electron chi connectivity index (χ0n) is 13.2. The summed E-state index contributed by atoms with van der Waals surface area (Å²) in [5.74, 6) is -0.00814. The van der Waals surface area contributed by atoms with Crippen LogP contribution < -0.4 is 0 Å². The van der Waals surface area contributed by atoms with Crippen LogP contribution in [0.25, 0.3) is 0 Å². The molecule has 2 aliphatic carbocycles. The second kappa shape index (κ2) is 5.65. The molecule has 23 heavy (non-hydrogen) atoms. The van der Waals surface area contributed by atoms with Crippen LogP contribution in [-0.2, 0) is 17.6 Å². The maximum absolute atomic E-state index is 13.1. The second-order valence-corrected chi connectivity index (χ2v) is 7.05. The van der Waals surface area contributed by atoms with E-state index in [0.29, 0.717) is 18.0 Å². The third kappa shape index (κ3) is 2.35. The molecule has 1 aromatic heterocycles. The highest BCUT2D eigenvalue weighted by Crippen LogP contribution is 2.41. The number of hydrogen-bond donors (Lipinski definition) is 1. The van der Waals surface area contributed by atoms with Crippen LogP contribution >= 0.6 is 0 Å². The summed E-state index contributed by atoms with van der Waals surface area (Å²) in [5.41, 5.74) is 1.27. The number of fused-ring (bicyclic) bond motifs is 2. The molecule has 3 atom stereocenters. The number of amides is 1. The van der Waals surface area contributed by atoms with Gasteiger partial charge in [0.05, 0.1) is 0 Å². The summed E-state index contributed by atoms with van der Waals surface area (Å²) in [6.07, 6.45) is 8.42. The van der Waals surface area contributed by atoms with Crippen molar-refractivity contribution in [3.05, 3.63) is 17.0 Å². The van der Waals surface area contributed by atoms with Gasteiger partial charge in [-0.05, 0) is 44.4 Å². The number of carboxylic acids is 1. The first kappa shape index (κ1) is 14.7. The molecule has 3 aliphatic rings. The molecule has 1 amide bonds. The van der Waals surface area contributed by atoms with Crippen LogP contribution in [0.4, 0.5) is 0 Å². The third-order valence-electron chi connectivity index (χ3n) is 5.76. The molecule has 1 saturated carbocycles. The maximum atomic E-state index is 13.1. The van der Waals surface area contributed by atoms with Gasteiger partial charge in [0.25, 0.3) is 5.91 Å². The molecule has 1 saturated heterocycles. The summed E-state index contributed by atoms with van der Waals surface area (Å²) in [7, 11) is 0. The van der Waals surface area contributed by atoms with Crippen molar-refractivity contribution < 1.29 is 19.2 Å². The number of carboxylic acid groups (broad SMARTS) is 1. The molecule has 0 unspecified atom stereocenters. The highest BCUT2D eigenvalue weighted by Gasteiger charge is 2.48. The van der Waals surface area contributed by atoms with E-state index in [1.807, 2.05) is 0 Å². The number of hydrogen-bond acceptors (Lipinski definition) is 4. The normalized spacial score (nSPS) is 29.9. The number of carbonyl (C=O) groups is 2. The Morgan fingerprint density at radius 1 is 1.13 bits per heavy atom. The van der Waals surface area contributed by atoms with Crippen LogP contribution in [0.5, 0.6) is 0 Å². The van der Waals surface area contributed by atoms with Gasteiger partial charge in [0.2, 0.25) is 0 Å². The van der Waals surface area contributed by atoms with Gasteiger partial charge in [-0.2, -0.15) is 0 Å². The van der Waals surface area contributed by atoms with E-state index in [1.54, 1.807) is 4.90 Å². The van der Waals surface area contributed by atoms with Crippen molar-refractivity contribution in [1.29, 1.82) is 0 Å². The zero-order chi connectivity index (χ0) is 16.0. The van der Waals surface area contributed by atoms with Crippen molar-refractivity contribution in [3.63, 3.8) is 0 Å². The molecule has 124 valence electrons. The molecule has 6 nitrogen and oxygen atoms in total. The number of likely N-dealkylation sites (tertiary alicyclic amines) is 1. The summed E-state index contributed by atoms with van der Waals surface area (Å²) in [6, 6.07) is -0.667. The lowest BCUT2D eigenvalue weighted by atomic mass is 9.84. The Labute approximate surface area is 134 Å². The van der Waals surface area contributed by atoms with Crippen LogP contribution in [0.3, 0.4) is 0 Å². The van der Waals surface area contributed by atoms with E-state index in [2.05, 4.69) is 5.16 Å². The highest BCUT2D eigenvalue weighted by atomic mass is 16.5. The Balaban J connectivity index is 1.67. The Morgan fingerprint density at radius 2 is 1.91 bits per heavy atom. The smallest absolute Gasteiger partial charge is 0.326 e. The van der Waals surface area contributed by atoms with Crippen molar-refractivity contribution in [2.24, 2.45) is 5.92 Å². The molecule has 0 radical (unpaired) electrons. The minimum atomic E-state index is -0.898. The van der Waals surface area contributed by atoms with Crippen molar-refractivity contribution in [2.75, 3.05) is 0 Å². The van der Waals surface area contributed by atoms with E-state index in [-0.39, 0.29) is 11.9 Å². The monoisotopic (exact) mass is 318 g/mol. The van der Waals surface area contributed by atoms with Crippen molar-refractivity contribution in [3.8, 4) is 0 Å². The summed E-state index contributed by atoms with van der Waals surface area (Å²) in [6.45, 7) is 0. The van der Waals surface area contributed by atoms with Gasteiger partial charge in [0, 0.05) is 18.0 Å². The van der Waals surface area contributed by atoms with Crippen molar-refractivity contribution in [1.82, 2.24) is 10.1 Å². The zero-order valence-corrected chi connectivity index (χ0v) is 13.2. The number of aliphatic carboxylic acids is 1. The van der Waals surface area contributed by atoms with Crippen molar-refractivity contribution >= 4 is 11.9 Å². The number of aryl methyl sites for hydroxylation is 1. The number of carbonyl (C=O) groups excluding carboxylic acids is 1. The minimum Gasteiger partial charge on any atom is -0.480 e. The van der Waals surface area contributed by atoms with Crippen LogP contribution in [0, 0.1) is 5.92 Å². The van der Waals surface area contributed by atoms with E-state index >= 15 is 0 Å². The summed E-state index contributed by atoms with van der Waals surface area (Å²) in [5, 5.41) is 13.6. The molecule has 1 N–H and O–H groups in total. The number of rotatable bonds is 2. The number of aromatic nitrogens is 1.